The Balaban J connectivity index is 1.85. The molecular weight excluding hydrogens is 442 g/mol. The number of ether oxygens (including phenoxy) is 3. The van der Waals surface area contributed by atoms with Crippen LogP contribution in [-0.4, -0.2) is 61.0 Å². The largest absolute Gasteiger partial charge is 0.496 e. The van der Waals surface area contributed by atoms with Gasteiger partial charge in [0.1, 0.15) is 5.75 Å². The summed E-state index contributed by atoms with van der Waals surface area (Å²) in [5.41, 5.74) is 1.48. The average molecular weight is 470 g/mol. The number of benzene rings is 2. The van der Waals surface area contributed by atoms with Gasteiger partial charge in [-0.05, 0) is 48.4 Å². The van der Waals surface area contributed by atoms with E-state index in [1.165, 1.54) is 33.5 Å². The van der Waals surface area contributed by atoms with Crippen molar-refractivity contribution in [1.29, 1.82) is 0 Å². The predicted molar refractivity (Wildman–Crippen MR) is 118 cm³/mol. The van der Waals surface area contributed by atoms with Gasteiger partial charge in [-0.2, -0.15) is 0 Å². The first-order valence-corrected chi connectivity index (χ1v) is 13.0. The Hall–Kier alpha value is -2.30. The van der Waals surface area contributed by atoms with E-state index < -0.39 is 36.7 Å². The normalized spacial score (nSPS) is 20.4. The van der Waals surface area contributed by atoms with Gasteiger partial charge in [-0.25, -0.2) is 16.8 Å². The molecule has 3 rings (SSSR count). The Morgan fingerprint density at radius 2 is 1.58 bits per heavy atom. The lowest BCUT2D eigenvalue weighted by atomic mass is 10.1. The first kappa shape index (κ1) is 23.4. The molecule has 31 heavy (non-hydrogen) atoms. The van der Waals surface area contributed by atoms with Gasteiger partial charge in [0, 0.05) is 12.6 Å². The number of hydrogen-bond acceptors (Lipinski definition) is 8. The molecule has 1 fully saturated rings. The molecule has 10 heteroatoms. The van der Waals surface area contributed by atoms with Crippen LogP contribution in [0, 0.1) is 6.92 Å². The maximum Gasteiger partial charge on any atom is 0.183 e. The molecular formula is C21H27NO7S2. The van der Waals surface area contributed by atoms with E-state index in [9.17, 15) is 16.8 Å². The molecule has 170 valence electrons. The molecule has 2 aromatic rings. The van der Waals surface area contributed by atoms with Crippen LogP contribution < -0.4 is 19.5 Å². The van der Waals surface area contributed by atoms with E-state index in [2.05, 4.69) is 5.32 Å². The van der Waals surface area contributed by atoms with Crippen LogP contribution in [0.15, 0.2) is 41.3 Å². The quantitative estimate of drug-likeness (QED) is 0.623. The summed E-state index contributed by atoms with van der Waals surface area (Å²) in [7, 11) is -2.80. The van der Waals surface area contributed by atoms with Crippen LogP contribution in [0.25, 0.3) is 0 Å². The molecule has 1 aliphatic rings. The molecule has 0 spiro atoms. The highest BCUT2D eigenvalue weighted by Gasteiger charge is 2.45. The van der Waals surface area contributed by atoms with Crippen molar-refractivity contribution in [1.82, 2.24) is 5.32 Å². The molecule has 1 heterocycles. The number of hydrogen-bond donors (Lipinski definition) is 1. The van der Waals surface area contributed by atoms with Gasteiger partial charge in [-0.1, -0.05) is 6.07 Å². The summed E-state index contributed by atoms with van der Waals surface area (Å²) in [4.78, 5) is 0.0887. The van der Waals surface area contributed by atoms with Crippen LogP contribution in [0.3, 0.4) is 0 Å². The zero-order valence-electron chi connectivity index (χ0n) is 17.9. The molecule has 0 saturated carbocycles. The van der Waals surface area contributed by atoms with Gasteiger partial charge in [-0.3, -0.25) is 0 Å². The Kier molecular flexibility index (Phi) is 6.82. The number of sulfone groups is 2. The Morgan fingerprint density at radius 3 is 2.19 bits per heavy atom. The second-order valence-electron chi connectivity index (χ2n) is 7.47. The monoisotopic (exact) mass is 469 g/mol. The first-order chi connectivity index (χ1) is 14.6. The van der Waals surface area contributed by atoms with Crippen molar-refractivity contribution in [3.8, 4) is 17.2 Å². The van der Waals surface area contributed by atoms with E-state index in [1.807, 2.05) is 6.07 Å². The lowest BCUT2D eigenvalue weighted by Gasteiger charge is -2.21. The maximum absolute atomic E-state index is 13.3. The Bertz CT molecular complexity index is 1160. The highest BCUT2D eigenvalue weighted by molar-refractivity contribution is 7.96. The summed E-state index contributed by atoms with van der Waals surface area (Å²) >= 11 is 0. The second-order valence-corrected chi connectivity index (χ2v) is 11.8. The van der Waals surface area contributed by atoms with Crippen LogP contribution in [0.4, 0.5) is 0 Å². The van der Waals surface area contributed by atoms with Crippen molar-refractivity contribution in [2.75, 3.05) is 32.8 Å². The van der Waals surface area contributed by atoms with Gasteiger partial charge in [0.2, 0.25) is 0 Å². The van der Waals surface area contributed by atoms with Gasteiger partial charge in [0.15, 0.2) is 31.2 Å². The molecule has 0 unspecified atom stereocenters. The smallest absolute Gasteiger partial charge is 0.183 e. The summed E-state index contributed by atoms with van der Waals surface area (Å²) in [5, 5.41) is 2.05. The predicted octanol–water partition coefficient (Wildman–Crippen LogP) is 1.75. The maximum atomic E-state index is 13.3. The van der Waals surface area contributed by atoms with Crippen LogP contribution in [0.1, 0.15) is 11.1 Å². The molecule has 0 amide bonds. The van der Waals surface area contributed by atoms with E-state index in [0.29, 0.717) is 22.8 Å². The van der Waals surface area contributed by atoms with E-state index in [0.717, 1.165) is 5.56 Å². The van der Waals surface area contributed by atoms with Crippen LogP contribution in [0.5, 0.6) is 17.2 Å². The van der Waals surface area contributed by atoms with Crippen LogP contribution in [0.2, 0.25) is 0 Å². The van der Waals surface area contributed by atoms with Crippen molar-refractivity contribution in [2.45, 2.75) is 29.7 Å². The van der Waals surface area contributed by atoms with Gasteiger partial charge in [0.05, 0.1) is 43.0 Å². The minimum Gasteiger partial charge on any atom is -0.496 e. The average Bonchev–Trinajstić information content (AvgIpc) is 3.07. The second kappa shape index (κ2) is 9.05. The zero-order valence-corrected chi connectivity index (χ0v) is 19.5. The number of rotatable bonds is 8. The summed E-state index contributed by atoms with van der Waals surface area (Å²) in [6.45, 7) is 2.03. The fourth-order valence-electron chi connectivity index (χ4n) is 3.75. The first-order valence-electron chi connectivity index (χ1n) is 9.64. The molecule has 2 aromatic carbocycles. The van der Waals surface area contributed by atoms with Gasteiger partial charge < -0.3 is 19.5 Å². The SMILES string of the molecule is COc1ccc(S(=O)(=O)[C@H]2CS(=O)(=O)C[C@@H]2NCc2ccc(OC)c(OC)c2)cc1C. The fraction of sp³-hybridized carbons (Fsp3) is 0.429. The van der Waals surface area contributed by atoms with E-state index in [1.54, 1.807) is 25.1 Å². The molecule has 0 aliphatic carbocycles. The molecule has 0 radical (unpaired) electrons. The van der Waals surface area contributed by atoms with Crippen molar-refractivity contribution in [2.24, 2.45) is 0 Å². The molecule has 1 aliphatic heterocycles. The third-order valence-electron chi connectivity index (χ3n) is 5.41. The van der Waals surface area contributed by atoms with Gasteiger partial charge in [-0.15, -0.1) is 0 Å². The third-order valence-corrected chi connectivity index (χ3v) is 9.56. The number of nitrogens with one attached hydrogen (secondary N) is 1. The Labute approximate surface area is 183 Å². The van der Waals surface area contributed by atoms with Crippen molar-refractivity contribution in [3.05, 3.63) is 47.5 Å². The minimum atomic E-state index is -3.88. The summed E-state index contributed by atoms with van der Waals surface area (Å²) < 4.78 is 67.0. The summed E-state index contributed by atoms with van der Waals surface area (Å²) in [6, 6.07) is 9.15. The Morgan fingerprint density at radius 1 is 0.935 bits per heavy atom. The molecule has 2 atom stereocenters. The summed E-state index contributed by atoms with van der Waals surface area (Å²) in [5.74, 6) is 1.04. The highest BCUT2D eigenvalue weighted by Crippen LogP contribution is 2.30. The van der Waals surface area contributed by atoms with Crippen molar-refractivity contribution < 1.29 is 31.0 Å². The van der Waals surface area contributed by atoms with Crippen molar-refractivity contribution in [3.63, 3.8) is 0 Å². The standard InChI is InChI=1S/C21H27NO7S2/c1-14-9-16(6-8-18(14)27-2)31(25,26)21-13-30(23,24)12-17(21)22-11-15-5-7-19(28-3)20(10-15)29-4/h5-10,17,21-22H,11-13H2,1-4H3/t17-,21-/m0/s1. The third kappa shape index (κ3) is 4.97. The van der Waals surface area contributed by atoms with Crippen LogP contribution in [-0.2, 0) is 26.2 Å². The molecule has 1 saturated heterocycles. The fourth-order valence-corrected chi connectivity index (χ4v) is 8.55. The summed E-state index contributed by atoms with van der Waals surface area (Å²) in [6.07, 6.45) is 0. The molecule has 0 aromatic heterocycles. The van der Waals surface area contributed by atoms with Crippen LogP contribution >= 0.6 is 0 Å². The van der Waals surface area contributed by atoms with E-state index in [4.69, 9.17) is 14.2 Å². The lowest BCUT2D eigenvalue weighted by Crippen LogP contribution is -2.43. The minimum absolute atomic E-state index is 0.0887. The molecule has 0 bridgehead atoms. The van der Waals surface area contributed by atoms with E-state index >= 15 is 0 Å². The van der Waals surface area contributed by atoms with Gasteiger partial charge >= 0.3 is 0 Å². The zero-order chi connectivity index (χ0) is 22.8. The number of aryl methyl sites for hydroxylation is 1. The highest BCUT2D eigenvalue weighted by atomic mass is 32.2. The van der Waals surface area contributed by atoms with Crippen molar-refractivity contribution >= 4 is 19.7 Å². The molecule has 8 nitrogen and oxygen atoms in total. The molecule has 1 N–H and O–H groups in total. The van der Waals surface area contributed by atoms with Gasteiger partial charge in [0.25, 0.3) is 0 Å². The van der Waals surface area contributed by atoms with E-state index in [-0.39, 0.29) is 17.2 Å². The topological polar surface area (TPSA) is 108 Å². The number of methoxy groups -OCH3 is 3. The lowest BCUT2D eigenvalue weighted by molar-refractivity contribution is 0.354.